The number of halogens is 1. The van der Waals surface area contributed by atoms with Crippen LogP contribution in [0, 0.1) is 0 Å². The van der Waals surface area contributed by atoms with Crippen molar-refractivity contribution in [3.63, 3.8) is 0 Å². The van der Waals surface area contributed by atoms with Gasteiger partial charge in [-0.15, -0.1) is 0 Å². The number of hydrogen-bond donors (Lipinski definition) is 3. The highest BCUT2D eigenvalue weighted by atomic mass is 35.5. The molecule has 0 aliphatic heterocycles. The summed E-state index contributed by atoms with van der Waals surface area (Å²) in [4.78, 5) is 15.7. The van der Waals surface area contributed by atoms with Gasteiger partial charge >= 0.3 is 15.3 Å². The van der Waals surface area contributed by atoms with Gasteiger partial charge in [0.2, 0.25) is 0 Å². The van der Waals surface area contributed by atoms with Gasteiger partial charge in [-0.25, -0.2) is 0 Å². The first-order valence-corrected chi connectivity index (χ1v) is 8.94. The molecule has 0 bridgehead atoms. The third-order valence-electron chi connectivity index (χ3n) is 2.86. The van der Waals surface area contributed by atoms with Crippen LogP contribution in [0.15, 0.2) is 42.7 Å². The summed E-state index contributed by atoms with van der Waals surface area (Å²) < 4.78 is 26.4. The normalized spacial score (nSPS) is 11.2. The van der Waals surface area contributed by atoms with Gasteiger partial charge in [-0.1, -0.05) is 23.7 Å². The molecule has 2 aromatic rings. The molecule has 1 aromatic heterocycles. The molecule has 0 spiro atoms. The highest BCUT2D eigenvalue weighted by Gasteiger charge is 2.23. The van der Waals surface area contributed by atoms with E-state index in [1.54, 1.807) is 44.2 Å². The van der Waals surface area contributed by atoms with E-state index in [0.717, 1.165) is 0 Å². The Morgan fingerprint density at radius 2 is 1.83 bits per heavy atom. The van der Waals surface area contributed by atoms with E-state index >= 15 is 0 Å². The lowest BCUT2D eigenvalue weighted by atomic mass is 10.3. The zero-order valence-corrected chi connectivity index (χ0v) is 14.6. The predicted molar refractivity (Wildman–Crippen MR) is 95.2 cm³/mol. The Morgan fingerprint density at radius 3 is 2.50 bits per heavy atom. The lowest BCUT2D eigenvalue weighted by Crippen LogP contribution is -2.37. The summed E-state index contributed by atoms with van der Waals surface area (Å²) in [5.74, 6) is 0. The zero-order valence-electron chi connectivity index (χ0n) is 13.1. The van der Waals surface area contributed by atoms with Crippen LogP contribution in [-0.2, 0) is 10.0 Å². The highest BCUT2D eigenvalue weighted by molar-refractivity contribution is 8.07. The molecule has 1 heterocycles. The van der Waals surface area contributed by atoms with Crippen LogP contribution in [0.2, 0.25) is 5.02 Å². The van der Waals surface area contributed by atoms with Gasteiger partial charge in [0.25, 0.3) is 0 Å². The van der Waals surface area contributed by atoms with Crippen molar-refractivity contribution in [3.8, 4) is 0 Å². The van der Waals surface area contributed by atoms with E-state index in [-0.39, 0.29) is 11.7 Å². The van der Waals surface area contributed by atoms with Crippen molar-refractivity contribution in [1.29, 1.82) is 0 Å². The van der Waals surface area contributed by atoms with E-state index in [0.29, 0.717) is 16.4 Å². The number of carbonyl (C=O) groups excluding carboxylic acids is 1. The molecule has 0 saturated carbocycles. The number of para-hydroxylation sites is 1. The second kappa shape index (κ2) is 7.50. The Morgan fingerprint density at radius 1 is 1.12 bits per heavy atom. The van der Waals surface area contributed by atoms with Crippen molar-refractivity contribution in [2.45, 2.75) is 19.9 Å². The van der Waals surface area contributed by atoms with Gasteiger partial charge in [-0.3, -0.25) is 14.5 Å². The number of aromatic nitrogens is 1. The molecule has 0 aliphatic rings. The van der Waals surface area contributed by atoms with Crippen LogP contribution >= 0.6 is 11.6 Å². The Hall–Kier alpha value is -2.32. The fourth-order valence-corrected chi connectivity index (χ4v) is 2.92. The van der Waals surface area contributed by atoms with Gasteiger partial charge in [0.15, 0.2) is 0 Å². The van der Waals surface area contributed by atoms with Crippen LogP contribution in [0.4, 0.5) is 21.9 Å². The quantitative estimate of drug-likeness (QED) is 0.751. The standard InChI is InChI=1S/C15H17ClN4O3S/c1-10(2)18-15(21)24(22,23)20-14-9-17-8-7-13(14)19-12-6-4-3-5-11(12)16/h3-10,20H,1-2H3,(H,17,19)(H,18,21). The van der Waals surface area contributed by atoms with E-state index < -0.39 is 15.3 Å². The first-order chi connectivity index (χ1) is 11.3. The Labute approximate surface area is 145 Å². The number of benzene rings is 1. The summed E-state index contributed by atoms with van der Waals surface area (Å²) in [7, 11) is -4.25. The first-order valence-electron chi connectivity index (χ1n) is 7.08. The smallest absolute Gasteiger partial charge is 0.353 e. The average Bonchev–Trinajstić information content (AvgIpc) is 2.50. The summed E-state index contributed by atoms with van der Waals surface area (Å²) >= 11 is 6.09. The van der Waals surface area contributed by atoms with Gasteiger partial charge in [0.1, 0.15) is 0 Å². The van der Waals surface area contributed by atoms with Crippen LogP contribution in [0.1, 0.15) is 13.8 Å². The molecule has 0 atom stereocenters. The minimum atomic E-state index is -4.25. The number of anilines is 3. The summed E-state index contributed by atoms with van der Waals surface area (Å²) in [5, 5.41) is 4.71. The van der Waals surface area contributed by atoms with Crippen LogP contribution in [0.3, 0.4) is 0 Å². The van der Waals surface area contributed by atoms with E-state index in [9.17, 15) is 13.2 Å². The fraction of sp³-hybridized carbons (Fsp3) is 0.200. The summed E-state index contributed by atoms with van der Waals surface area (Å²) in [6.07, 6.45) is 2.80. The average molecular weight is 369 g/mol. The van der Waals surface area contributed by atoms with Crippen molar-refractivity contribution < 1.29 is 13.2 Å². The molecule has 0 radical (unpaired) electrons. The molecular weight excluding hydrogens is 352 g/mol. The second-order valence-electron chi connectivity index (χ2n) is 5.22. The number of hydrogen-bond acceptors (Lipinski definition) is 5. The lowest BCUT2D eigenvalue weighted by molar-refractivity contribution is 0.256. The van der Waals surface area contributed by atoms with Crippen molar-refractivity contribution in [3.05, 3.63) is 47.7 Å². The molecule has 3 N–H and O–H groups in total. The van der Waals surface area contributed by atoms with Crippen LogP contribution in [0.5, 0.6) is 0 Å². The number of carbonyl (C=O) groups is 1. The molecule has 0 unspecified atom stereocenters. The third kappa shape index (κ3) is 4.59. The first kappa shape index (κ1) is 18.0. The van der Waals surface area contributed by atoms with Gasteiger partial charge in [-0.05, 0) is 32.0 Å². The lowest BCUT2D eigenvalue weighted by Gasteiger charge is -2.15. The molecule has 9 heteroatoms. The van der Waals surface area contributed by atoms with E-state index in [1.165, 1.54) is 12.4 Å². The minimum absolute atomic E-state index is 0.135. The highest BCUT2D eigenvalue weighted by Crippen LogP contribution is 2.29. The van der Waals surface area contributed by atoms with Crippen LogP contribution in [0.25, 0.3) is 0 Å². The molecule has 128 valence electrons. The molecule has 1 amide bonds. The maximum atomic E-state index is 12.1. The Kier molecular flexibility index (Phi) is 5.63. The zero-order chi connectivity index (χ0) is 17.7. The van der Waals surface area contributed by atoms with Crippen molar-refractivity contribution in [2.24, 2.45) is 0 Å². The molecule has 24 heavy (non-hydrogen) atoms. The molecular formula is C15H17ClN4O3S. The Bertz CT molecular complexity index is 840. The second-order valence-corrected chi connectivity index (χ2v) is 7.21. The maximum absolute atomic E-state index is 12.1. The molecule has 2 rings (SSSR count). The fourth-order valence-electron chi connectivity index (χ4n) is 1.80. The number of nitrogens with one attached hydrogen (secondary N) is 3. The molecule has 1 aromatic carbocycles. The number of amides is 1. The predicted octanol–water partition coefficient (Wildman–Crippen LogP) is 3.34. The summed E-state index contributed by atoms with van der Waals surface area (Å²) in [6, 6.07) is 8.28. The molecule has 0 fully saturated rings. The van der Waals surface area contributed by atoms with E-state index in [4.69, 9.17) is 11.6 Å². The molecule has 7 nitrogen and oxygen atoms in total. The number of rotatable bonds is 5. The molecule has 0 aliphatic carbocycles. The number of nitrogens with zero attached hydrogens (tertiary/aromatic N) is 1. The monoisotopic (exact) mass is 368 g/mol. The van der Waals surface area contributed by atoms with Crippen molar-refractivity contribution >= 4 is 43.9 Å². The van der Waals surface area contributed by atoms with Crippen LogP contribution < -0.4 is 15.4 Å². The van der Waals surface area contributed by atoms with E-state index in [1.807, 2.05) is 0 Å². The SMILES string of the molecule is CC(C)NC(=O)S(=O)(=O)Nc1cnccc1Nc1ccccc1Cl. The third-order valence-corrected chi connectivity index (χ3v) is 4.28. The topological polar surface area (TPSA) is 100 Å². The Balaban J connectivity index is 2.26. The number of pyridine rings is 1. The van der Waals surface area contributed by atoms with Crippen LogP contribution in [-0.4, -0.2) is 24.7 Å². The van der Waals surface area contributed by atoms with Gasteiger partial charge < -0.3 is 10.6 Å². The van der Waals surface area contributed by atoms with Crippen molar-refractivity contribution in [2.75, 3.05) is 10.0 Å². The van der Waals surface area contributed by atoms with E-state index in [2.05, 4.69) is 20.3 Å². The summed E-state index contributed by atoms with van der Waals surface area (Å²) in [6.45, 7) is 3.34. The van der Waals surface area contributed by atoms with Gasteiger partial charge in [0.05, 0.1) is 28.3 Å². The van der Waals surface area contributed by atoms with Gasteiger partial charge in [0, 0.05) is 12.2 Å². The van der Waals surface area contributed by atoms with Crippen molar-refractivity contribution in [1.82, 2.24) is 10.3 Å². The number of sulfonamides is 1. The minimum Gasteiger partial charge on any atom is -0.353 e. The maximum Gasteiger partial charge on any atom is 0.357 e. The molecule has 0 saturated heterocycles. The summed E-state index contributed by atoms with van der Waals surface area (Å²) in [5.41, 5.74) is 1.15. The largest absolute Gasteiger partial charge is 0.357 e. The van der Waals surface area contributed by atoms with Gasteiger partial charge in [-0.2, -0.15) is 8.42 Å².